The lowest BCUT2D eigenvalue weighted by Crippen LogP contribution is -2.64. The molecule has 0 spiro atoms. The Morgan fingerprint density at radius 1 is 1.21 bits per heavy atom. The summed E-state index contributed by atoms with van der Waals surface area (Å²) in [5.74, 6) is 1.56. The highest BCUT2D eigenvalue weighted by atomic mass is 16.3. The minimum absolute atomic E-state index is 0. The molecule has 1 saturated heterocycles. The quantitative estimate of drug-likeness (QED) is 0.756. The van der Waals surface area contributed by atoms with E-state index in [0.717, 1.165) is 38.5 Å². The number of carbonyl (C=O) groups is 1. The summed E-state index contributed by atoms with van der Waals surface area (Å²) in [4.78, 5) is 14.9. The van der Waals surface area contributed by atoms with Gasteiger partial charge >= 0.3 is 0 Å². The molecule has 1 aliphatic heterocycles. The second-order valence-electron chi connectivity index (χ2n) is 9.21. The number of hydrogen-bond acceptors (Lipinski definition) is 4. The molecule has 6 heteroatoms. The largest absolute Gasteiger partial charge is 0.412 e. The number of aliphatic hydroxyl groups is 1. The van der Waals surface area contributed by atoms with E-state index in [4.69, 9.17) is 5.73 Å². The van der Waals surface area contributed by atoms with Gasteiger partial charge in [-0.2, -0.15) is 5.26 Å². The first-order valence-electron chi connectivity index (χ1n) is 9.13. The van der Waals surface area contributed by atoms with E-state index in [2.05, 4.69) is 6.07 Å². The third kappa shape index (κ3) is 2.08. The number of rotatable bonds is 2. The molecule has 5 N–H and O–H groups in total. The molecular weight excluding hydrogens is 306 g/mol. The Hall–Kier alpha value is -1.16. The average Bonchev–Trinajstić information content (AvgIpc) is 3.14. The Morgan fingerprint density at radius 2 is 1.88 bits per heavy atom. The fraction of sp³-hybridized carbons (Fsp3) is 0.889. The molecule has 6 atom stereocenters. The van der Waals surface area contributed by atoms with Crippen molar-refractivity contribution in [2.24, 2.45) is 28.9 Å². The summed E-state index contributed by atoms with van der Waals surface area (Å²) >= 11 is 0. The van der Waals surface area contributed by atoms with Gasteiger partial charge < -0.3 is 21.2 Å². The van der Waals surface area contributed by atoms with Crippen LogP contribution in [0.5, 0.6) is 0 Å². The van der Waals surface area contributed by atoms with Crippen LogP contribution in [0.4, 0.5) is 0 Å². The minimum atomic E-state index is -0.594. The number of amides is 1. The third-order valence-corrected chi connectivity index (χ3v) is 7.51. The normalized spacial score (nSPS) is 51.5. The van der Waals surface area contributed by atoms with Crippen molar-refractivity contribution in [3.63, 3.8) is 0 Å². The zero-order valence-electron chi connectivity index (χ0n) is 13.9. The van der Waals surface area contributed by atoms with Gasteiger partial charge in [-0.05, 0) is 74.5 Å². The van der Waals surface area contributed by atoms with Crippen LogP contribution in [0, 0.1) is 34.5 Å². The van der Waals surface area contributed by atoms with Gasteiger partial charge in [0.15, 0.2) is 0 Å². The second kappa shape index (κ2) is 4.94. The number of carbonyl (C=O) groups excluding carboxylic acids is 1. The standard InChI is InChI=1S/C18H25N3O2.H2O/c19-8-13-2-12-3-14(12)21(13)16(22)15(20)17-4-10-1-11(5-17)7-18(23,6-10)9-17;/h10-15,23H,1-7,9,20H2;1H2. The molecular formula is C18H27N3O3. The second-order valence-corrected chi connectivity index (χ2v) is 9.21. The first kappa shape index (κ1) is 16.3. The fourth-order valence-corrected chi connectivity index (χ4v) is 6.96. The van der Waals surface area contributed by atoms with E-state index in [0.29, 0.717) is 24.2 Å². The molecule has 6 fully saturated rings. The highest BCUT2D eigenvalue weighted by Crippen LogP contribution is 2.63. The van der Waals surface area contributed by atoms with Crippen LogP contribution in [0.15, 0.2) is 0 Å². The summed E-state index contributed by atoms with van der Waals surface area (Å²) in [7, 11) is 0. The number of nitrogens with zero attached hydrogens (tertiary/aromatic N) is 2. The molecule has 6 aliphatic rings. The molecule has 132 valence electrons. The van der Waals surface area contributed by atoms with Crippen molar-refractivity contribution in [2.75, 3.05) is 0 Å². The van der Waals surface area contributed by atoms with Crippen molar-refractivity contribution in [1.29, 1.82) is 5.26 Å². The Bertz CT molecular complexity index is 601. The molecule has 1 heterocycles. The lowest BCUT2D eigenvalue weighted by atomic mass is 9.46. The number of piperidine rings is 1. The summed E-state index contributed by atoms with van der Waals surface area (Å²) in [5.41, 5.74) is 5.71. The van der Waals surface area contributed by atoms with Gasteiger partial charge in [-0.15, -0.1) is 0 Å². The van der Waals surface area contributed by atoms with Gasteiger partial charge in [0.05, 0.1) is 17.7 Å². The van der Waals surface area contributed by atoms with Crippen LogP contribution in [0.1, 0.15) is 51.4 Å². The molecule has 0 aromatic rings. The summed E-state index contributed by atoms with van der Waals surface area (Å²) in [6, 6.07) is 1.72. The summed E-state index contributed by atoms with van der Waals surface area (Å²) in [6.45, 7) is 0. The van der Waals surface area contributed by atoms with Crippen molar-refractivity contribution < 1.29 is 15.4 Å². The monoisotopic (exact) mass is 333 g/mol. The van der Waals surface area contributed by atoms with Crippen LogP contribution in [-0.2, 0) is 4.79 Å². The van der Waals surface area contributed by atoms with Crippen molar-refractivity contribution in [2.45, 2.75) is 75.1 Å². The van der Waals surface area contributed by atoms with E-state index < -0.39 is 11.6 Å². The smallest absolute Gasteiger partial charge is 0.241 e. The average molecular weight is 333 g/mol. The Morgan fingerprint density at radius 3 is 2.46 bits per heavy atom. The van der Waals surface area contributed by atoms with Crippen molar-refractivity contribution >= 4 is 5.91 Å². The van der Waals surface area contributed by atoms with Gasteiger partial charge in [0, 0.05) is 6.04 Å². The maximum atomic E-state index is 13.1. The molecule has 5 saturated carbocycles. The lowest BCUT2D eigenvalue weighted by molar-refractivity contribution is -0.177. The molecule has 5 aliphatic carbocycles. The van der Waals surface area contributed by atoms with Gasteiger partial charge in [0.2, 0.25) is 5.91 Å². The van der Waals surface area contributed by atoms with Crippen LogP contribution >= 0.6 is 0 Å². The van der Waals surface area contributed by atoms with E-state index >= 15 is 0 Å². The molecule has 6 rings (SSSR count). The summed E-state index contributed by atoms with van der Waals surface area (Å²) in [5, 5.41) is 20.2. The van der Waals surface area contributed by atoms with Crippen LogP contribution in [0.3, 0.4) is 0 Å². The molecule has 0 aromatic heterocycles. The van der Waals surface area contributed by atoms with E-state index in [1.807, 2.05) is 0 Å². The highest BCUT2D eigenvalue weighted by molar-refractivity contribution is 5.84. The predicted molar refractivity (Wildman–Crippen MR) is 86.4 cm³/mol. The van der Waals surface area contributed by atoms with Gasteiger partial charge in [-0.25, -0.2) is 0 Å². The molecule has 24 heavy (non-hydrogen) atoms. The number of fused-ring (bicyclic) bond motifs is 1. The van der Waals surface area contributed by atoms with Crippen molar-refractivity contribution in [1.82, 2.24) is 4.90 Å². The summed E-state index contributed by atoms with van der Waals surface area (Å²) < 4.78 is 0. The van der Waals surface area contributed by atoms with Crippen LogP contribution in [0.25, 0.3) is 0 Å². The van der Waals surface area contributed by atoms with Crippen molar-refractivity contribution in [3.05, 3.63) is 0 Å². The van der Waals surface area contributed by atoms with Crippen molar-refractivity contribution in [3.8, 4) is 6.07 Å². The minimum Gasteiger partial charge on any atom is -0.412 e. The van der Waals surface area contributed by atoms with Gasteiger partial charge in [0.1, 0.15) is 6.04 Å². The Kier molecular flexibility index (Phi) is 3.36. The van der Waals surface area contributed by atoms with Gasteiger partial charge in [-0.3, -0.25) is 4.79 Å². The van der Waals surface area contributed by atoms with Gasteiger partial charge in [0.25, 0.3) is 0 Å². The highest BCUT2D eigenvalue weighted by Gasteiger charge is 2.62. The predicted octanol–water partition coefficient (Wildman–Crippen LogP) is 0.333. The van der Waals surface area contributed by atoms with Crippen LogP contribution < -0.4 is 5.73 Å². The molecule has 1 amide bonds. The Labute approximate surface area is 142 Å². The molecule has 0 aromatic carbocycles. The summed E-state index contributed by atoms with van der Waals surface area (Å²) in [6.07, 6.45) is 7.48. The zero-order valence-corrected chi connectivity index (χ0v) is 13.9. The first-order chi connectivity index (χ1) is 10.9. The van der Waals surface area contributed by atoms with E-state index in [1.54, 1.807) is 4.90 Å². The number of nitrogens with two attached hydrogens (primary N) is 1. The molecule has 4 bridgehead atoms. The number of nitriles is 1. The SMILES string of the molecule is N#CC1CC2CC2N1C(=O)C(N)C12CC3CC(CC(O)(C3)C1)C2.O. The number of likely N-dealkylation sites (tertiary alicyclic amines) is 1. The fourth-order valence-electron chi connectivity index (χ4n) is 6.96. The van der Waals surface area contributed by atoms with Crippen LogP contribution in [-0.4, -0.2) is 45.1 Å². The zero-order chi connectivity index (χ0) is 16.0. The van der Waals surface area contributed by atoms with Crippen LogP contribution in [0.2, 0.25) is 0 Å². The van der Waals surface area contributed by atoms with E-state index in [1.165, 1.54) is 6.42 Å². The first-order valence-corrected chi connectivity index (χ1v) is 9.13. The Balaban J connectivity index is 0.00000146. The van der Waals surface area contributed by atoms with E-state index in [-0.39, 0.29) is 28.9 Å². The number of hydrogen-bond donors (Lipinski definition) is 2. The topological polar surface area (TPSA) is 122 Å². The van der Waals surface area contributed by atoms with E-state index in [9.17, 15) is 15.2 Å². The third-order valence-electron chi connectivity index (χ3n) is 7.51. The molecule has 6 nitrogen and oxygen atoms in total. The molecule has 6 unspecified atom stereocenters. The molecule has 0 radical (unpaired) electrons. The maximum Gasteiger partial charge on any atom is 0.241 e. The van der Waals surface area contributed by atoms with Gasteiger partial charge in [-0.1, -0.05) is 0 Å². The lowest BCUT2D eigenvalue weighted by Gasteiger charge is -2.61. The maximum absolute atomic E-state index is 13.1.